The molecule has 0 saturated carbocycles. The molecule has 0 aliphatic heterocycles. The molecule has 0 aliphatic rings. The first-order valence-corrected chi connectivity index (χ1v) is 7.99. The molecule has 0 saturated heterocycles. The highest BCUT2D eigenvalue weighted by molar-refractivity contribution is 7.80. The number of nitrogens with zero attached hydrogens (tertiary/aromatic N) is 3. The first kappa shape index (κ1) is 14.2. The van der Waals surface area contributed by atoms with Crippen molar-refractivity contribution in [1.29, 1.82) is 0 Å². The van der Waals surface area contributed by atoms with Gasteiger partial charge in [0.15, 0.2) is 5.11 Å². The van der Waals surface area contributed by atoms with Crippen LogP contribution in [0.1, 0.15) is 6.92 Å². The van der Waals surface area contributed by atoms with Gasteiger partial charge in [-0.2, -0.15) is 4.98 Å². The molecule has 2 heterocycles. The lowest BCUT2D eigenvalue weighted by Crippen LogP contribution is -2.28. The number of nitrogens with one attached hydrogen (secondary N) is 2. The predicted octanol–water partition coefficient (Wildman–Crippen LogP) is 3.42. The fraction of sp³-hybridized carbons (Fsp3) is 0.154. The van der Waals surface area contributed by atoms with Crippen molar-refractivity contribution in [2.24, 2.45) is 0 Å². The van der Waals surface area contributed by atoms with E-state index in [0.29, 0.717) is 16.1 Å². The molecule has 0 spiro atoms. The second-order valence-corrected chi connectivity index (χ2v) is 5.92. The monoisotopic (exact) mass is 337 g/mol. The smallest absolute Gasteiger partial charge is 0.250 e. The van der Waals surface area contributed by atoms with Gasteiger partial charge >= 0.3 is 0 Å². The molecule has 1 aromatic carbocycles. The van der Waals surface area contributed by atoms with Crippen LogP contribution in [0.3, 0.4) is 0 Å². The molecule has 3 rings (SSSR count). The van der Waals surface area contributed by atoms with Gasteiger partial charge in [-0.05, 0) is 31.3 Å². The summed E-state index contributed by atoms with van der Waals surface area (Å²) in [5, 5.41) is 13.7. The zero-order valence-electron chi connectivity index (χ0n) is 11.1. The first-order valence-electron chi connectivity index (χ1n) is 6.32. The topological polar surface area (TPSA) is 54.2 Å². The quantitative estimate of drug-likeness (QED) is 0.717. The fourth-order valence-corrected chi connectivity index (χ4v) is 3.05. The van der Waals surface area contributed by atoms with Crippen LogP contribution < -0.4 is 10.6 Å². The molecule has 0 radical (unpaired) electrons. The zero-order chi connectivity index (χ0) is 14.8. The Labute approximate surface area is 136 Å². The van der Waals surface area contributed by atoms with Gasteiger partial charge in [-0.3, -0.25) is 5.32 Å². The lowest BCUT2D eigenvalue weighted by atomic mass is 10.2. The van der Waals surface area contributed by atoms with Crippen LogP contribution in [0.2, 0.25) is 5.02 Å². The minimum atomic E-state index is 0.489. The Morgan fingerprint density at radius 3 is 2.86 bits per heavy atom. The predicted molar refractivity (Wildman–Crippen MR) is 91.2 cm³/mol. The second kappa shape index (κ2) is 5.97. The maximum absolute atomic E-state index is 5.92. The van der Waals surface area contributed by atoms with Gasteiger partial charge in [0.25, 0.3) is 0 Å². The Kier molecular flexibility index (Phi) is 4.05. The third-order valence-electron chi connectivity index (χ3n) is 2.78. The molecule has 2 N–H and O–H groups in total. The maximum Gasteiger partial charge on any atom is 0.250 e. The van der Waals surface area contributed by atoms with Gasteiger partial charge in [0.2, 0.25) is 10.9 Å². The summed E-state index contributed by atoms with van der Waals surface area (Å²) in [5.74, 6) is 0.489. The molecule has 0 fully saturated rings. The van der Waals surface area contributed by atoms with E-state index in [1.54, 1.807) is 4.52 Å². The number of thiocarbonyl (C=S) groups is 1. The highest BCUT2D eigenvalue weighted by Gasteiger charge is 2.12. The number of anilines is 1. The molecule has 0 unspecified atom stereocenters. The lowest BCUT2D eigenvalue weighted by molar-refractivity contribution is 0.965. The minimum absolute atomic E-state index is 0.489. The summed E-state index contributed by atoms with van der Waals surface area (Å²) in [4.78, 5) is 5.21. The van der Waals surface area contributed by atoms with Crippen LogP contribution in [0.25, 0.3) is 16.2 Å². The van der Waals surface area contributed by atoms with Crippen molar-refractivity contribution in [1.82, 2.24) is 19.9 Å². The highest BCUT2D eigenvalue weighted by atomic mass is 35.5. The third-order valence-corrected chi connectivity index (χ3v) is 4.10. The second-order valence-electron chi connectivity index (χ2n) is 4.24. The number of hydrogen-bond donors (Lipinski definition) is 2. The summed E-state index contributed by atoms with van der Waals surface area (Å²) in [6, 6.07) is 7.64. The van der Waals surface area contributed by atoms with E-state index < -0.39 is 0 Å². The largest absolute Gasteiger partial charge is 0.363 e. The molecule has 0 amide bonds. The number of halogens is 1. The van der Waals surface area contributed by atoms with E-state index in [1.807, 2.05) is 36.6 Å². The molecular weight excluding hydrogens is 326 g/mol. The van der Waals surface area contributed by atoms with Crippen LogP contribution in [-0.2, 0) is 0 Å². The highest BCUT2D eigenvalue weighted by Crippen LogP contribution is 2.26. The Balaban J connectivity index is 1.93. The Morgan fingerprint density at radius 1 is 1.38 bits per heavy atom. The summed E-state index contributed by atoms with van der Waals surface area (Å²) in [6.45, 7) is 2.73. The number of rotatable bonds is 3. The van der Waals surface area contributed by atoms with E-state index in [1.165, 1.54) is 11.3 Å². The molecular formula is C13H12ClN5S2. The van der Waals surface area contributed by atoms with Gasteiger partial charge in [0.05, 0.1) is 5.69 Å². The van der Waals surface area contributed by atoms with Crippen molar-refractivity contribution < 1.29 is 0 Å². The summed E-state index contributed by atoms with van der Waals surface area (Å²) in [7, 11) is 0. The summed E-state index contributed by atoms with van der Waals surface area (Å²) < 4.78 is 1.80. The van der Waals surface area contributed by atoms with E-state index in [2.05, 4.69) is 20.7 Å². The number of thiazole rings is 1. The molecule has 3 aromatic rings. The number of hydrogen-bond acceptors (Lipinski definition) is 4. The SMILES string of the molecule is CCNC(=S)Nc1nc2scc(-c3ccc(Cl)cc3)n2n1. The van der Waals surface area contributed by atoms with Crippen molar-refractivity contribution in [3.8, 4) is 11.3 Å². The van der Waals surface area contributed by atoms with Crippen LogP contribution in [-0.4, -0.2) is 26.3 Å². The van der Waals surface area contributed by atoms with E-state index in [0.717, 1.165) is 22.8 Å². The van der Waals surface area contributed by atoms with Crippen LogP contribution in [0.5, 0.6) is 0 Å². The van der Waals surface area contributed by atoms with Gasteiger partial charge in [-0.1, -0.05) is 23.7 Å². The molecule has 0 aliphatic carbocycles. The van der Waals surface area contributed by atoms with Gasteiger partial charge in [0.1, 0.15) is 0 Å². The van der Waals surface area contributed by atoms with Crippen molar-refractivity contribution in [3.63, 3.8) is 0 Å². The molecule has 108 valence electrons. The van der Waals surface area contributed by atoms with Gasteiger partial charge < -0.3 is 5.32 Å². The molecule has 5 nitrogen and oxygen atoms in total. The van der Waals surface area contributed by atoms with Gasteiger partial charge in [-0.15, -0.1) is 16.4 Å². The normalized spacial score (nSPS) is 10.8. The standard InChI is InChI=1S/C13H12ClN5S2/c1-2-15-12(20)16-11-17-13-19(18-11)10(7-21-13)8-3-5-9(14)6-4-8/h3-7H,2H2,1H3,(H2,15,16,18,20). The molecule has 8 heteroatoms. The van der Waals surface area contributed by atoms with Crippen molar-refractivity contribution >= 4 is 51.2 Å². The zero-order valence-corrected chi connectivity index (χ0v) is 13.5. The van der Waals surface area contributed by atoms with Crippen LogP contribution in [0, 0.1) is 0 Å². The molecule has 2 aromatic heterocycles. The third kappa shape index (κ3) is 2.99. The summed E-state index contributed by atoms with van der Waals surface area (Å²) >= 11 is 12.6. The number of fused-ring (bicyclic) bond motifs is 1. The van der Waals surface area contributed by atoms with E-state index in [9.17, 15) is 0 Å². The van der Waals surface area contributed by atoms with E-state index >= 15 is 0 Å². The fourth-order valence-electron chi connectivity index (χ4n) is 1.86. The van der Waals surface area contributed by atoms with Crippen molar-refractivity contribution in [2.75, 3.05) is 11.9 Å². The Bertz CT molecular complexity index is 778. The van der Waals surface area contributed by atoms with Gasteiger partial charge in [0, 0.05) is 22.5 Å². The number of aromatic nitrogens is 3. The van der Waals surface area contributed by atoms with Crippen molar-refractivity contribution in [3.05, 3.63) is 34.7 Å². The minimum Gasteiger partial charge on any atom is -0.363 e. The van der Waals surface area contributed by atoms with Crippen molar-refractivity contribution in [2.45, 2.75) is 6.92 Å². The van der Waals surface area contributed by atoms with Crippen LogP contribution in [0.4, 0.5) is 5.95 Å². The molecule has 0 bridgehead atoms. The van der Waals surface area contributed by atoms with E-state index in [4.69, 9.17) is 23.8 Å². The summed E-state index contributed by atoms with van der Waals surface area (Å²) in [5.41, 5.74) is 2.01. The summed E-state index contributed by atoms with van der Waals surface area (Å²) in [6.07, 6.45) is 0. The van der Waals surface area contributed by atoms with Gasteiger partial charge in [-0.25, -0.2) is 4.52 Å². The molecule has 21 heavy (non-hydrogen) atoms. The maximum atomic E-state index is 5.92. The average Bonchev–Trinajstić information content (AvgIpc) is 3.00. The Morgan fingerprint density at radius 2 is 2.14 bits per heavy atom. The number of benzene rings is 1. The average molecular weight is 338 g/mol. The van der Waals surface area contributed by atoms with Crippen LogP contribution in [0.15, 0.2) is 29.6 Å². The Hall–Kier alpha value is -1.70. The lowest BCUT2D eigenvalue weighted by Gasteiger charge is -2.03. The first-order chi connectivity index (χ1) is 10.2. The molecule has 0 atom stereocenters. The van der Waals surface area contributed by atoms with Crippen LogP contribution >= 0.6 is 35.2 Å². The van der Waals surface area contributed by atoms with E-state index in [-0.39, 0.29) is 0 Å².